The molecule has 136 valence electrons. The van der Waals surface area contributed by atoms with Crippen LogP contribution in [0.15, 0.2) is 48.5 Å². The molecule has 0 saturated heterocycles. The van der Waals surface area contributed by atoms with Gasteiger partial charge in [0.15, 0.2) is 0 Å². The number of hydrogen-bond donors (Lipinski definition) is 3. The maximum Gasteiger partial charge on any atom is 0.340 e. The van der Waals surface area contributed by atoms with Crippen LogP contribution in [0, 0.1) is 0 Å². The molecule has 0 aliphatic rings. The van der Waals surface area contributed by atoms with Crippen molar-refractivity contribution in [1.29, 1.82) is 0 Å². The molecule has 0 heterocycles. The van der Waals surface area contributed by atoms with E-state index in [1.54, 1.807) is 55.5 Å². The van der Waals surface area contributed by atoms with Crippen LogP contribution in [-0.4, -0.2) is 30.9 Å². The number of rotatable bonds is 7. The predicted molar refractivity (Wildman–Crippen MR) is 100 cm³/mol. The van der Waals surface area contributed by atoms with Crippen molar-refractivity contribution < 1.29 is 19.1 Å². The third-order valence-corrected chi connectivity index (χ3v) is 3.35. The molecular formula is C19H21N3O4. The Morgan fingerprint density at radius 2 is 1.58 bits per heavy atom. The van der Waals surface area contributed by atoms with Gasteiger partial charge >= 0.3 is 5.97 Å². The largest absolute Gasteiger partial charge is 0.462 e. The zero-order chi connectivity index (χ0) is 18.9. The molecule has 0 aliphatic carbocycles. The average Bonchev–Trinajstić information content (AvgIpc) is 2.61. The zero-order valence-corrected chi connectivity index (χ0v) is 14.7. The lowest BCUT2D eigenvalue weighted by atomic mass is 10.2. The standard InChI is InChI=1S/C19H21N3O4/c1-3-26-19(25)16-6-4-5-7-17(16)22-18(24)12-20-14-8-10-15(11-9-14)21-13(2)23/h4-11,20H,3,12H2,1-2H3,(H,21,23)(H,22,24). The van der Waals surface area contributed by atoms with Crippen LogP contribution in [-0.2, 0) is 14.3 Å². The highest BCUT2D eigenvalue weighted by Gasteiger charge is 2.13. The molecule has 0 aromatic heterocycles. The first-order valence-electron chi connectivity index (χ1n) is 8.17. The molecule has 2 amide bonds. The summed E-state index contributed by atoms with van der Waals surface area (Å²) in [6.45, 7) is 3.44. The number of para-hydroxylation sites is 1. The smallest absolute Gasteiger partial charge is 0.340 e. The van der Waals surface area contributed by atoms with E-state index in [4.69, 9.17) is 4.74 Å². The van der Waals surface area contributed by atoms with Crippen LogP contribution in [0.3, 0.4) is 0 Å². The highest BCUT2D eigenvalue weighted by molar-refractivity contribution is 6.02. The Bertz CT molecular complexity index is 788. The van der Waals surface area contributed by atoms with Gasteiger partial charge in [0.25, 0.3) is 0 Å². The van der Waals surface area contributed by atoms with E-state index >= 15 is 0 Å². The predicted octanol–water partition coefficient (Wildman–Crippen LogP) is 2.87. The first-order chi connectivity index (χ1) is 12.5. The van der Waals surface area contributed by atoms with E-state index in [0.717, 1.165) is 5.69 Å². The molecule has 0 bridgehead atoms. The molecule has 7 nitrogen and oxygen atoms in total. The number of amides is 2. The van der Waals surface area contributed by atoms with Gasteiger partial charge in [-0.15, -0.1) is 0 Å². The fourth-order valence-corrected chi connectivity index (χ4v) is 2.23. The second-order valence-electron chi connectivity index (χ2n) is 5.43. The Hall–Kier alpha value is -3.35. The number of hydrogen-bond acceptors (Lipinski definition) is 5. The van der Waals surface area contributed by atoms with Crippen molar-refractivity contribution >= 4 is 34.8 Å². The van der Waals surface area contributed by atoms with Crippen molar-refractivity contribution in [2.24, 2.45) is 0 Å². The Morgan fingerprint density at radius 3 is 2.23 bits per heavy atom. The molecule has 0 spiro atoms. The first-order valence-corrected chi connectivity index (χ1v) is 8.17. The molecule has 0 aliphatic heterocycles. The lowest BCUT2D eigenvalue weighted by molar-refractivity contribution is -0.115. The topological polar surface area (TPSA) is 96.5 Å². The second-order valence-corrected chi connectivity index (χ2v) is 5.43. The lowest BCUT2D eigenvalue weighted by Crippen LogP contribution is -2.23. The minimum absolute atomic E-state index is 0.0244. The SMILES string of the molecule is CCOC(=O)c1ccccc1NC(=O)CNc1ccc(NC(C)=O)cc1. The van der Waals surface area contributed by atoms with Gasteiger partial charge in [0.2, 0.25) is 11.8 Å². The van der Waals surface area contributed by atoms with Crippen LogP contribution in [0.4, 0.5) is 17.1 Å². The van der Waals surface area contributed by atoms with Gasteiger partial charge in [-0.25, -0.2) is 4.79 Å². The third-order valence-electron chi connectivity index (χ3n) is 3.35. The van der Waals surface area contributed by atoms with Gasteiger partial charge in [0.1, 0.15) is 0 Å². The Labute approximate surface area is 151 Å². The summed E-state index contributed by atoms with van der Waals surface area (Å²) in [6.07, 6.45) is 0. The summed E-state index contributed by atoms with van der Waals surface area (Å²) >= 11 is 0. The zero-order valence-electron chi connectivity index (χ0n) is 14.7. The van der Waals surface area contributed by atoms with Gasteiger partial charge in [0, 0.05) is 18.3 Å². The number of carbonyl (C=O) groups is 3. The molecule has 0 unspecified atom stereocenters. The first kappa shape index (κ1) is 19.0. The summed E-state index contributed by atoms with van der Waals surface area (Å²) in [5.74, 6) is -0.928. The Balaban J connectivity index is 1.93. The number of carbonyl (C=O) groups excluding carboxylic acids is 3. The highest BCUT2D eigenvalue weighted by atomic mass is 16.5. The van der Waals surface area contributed by atoms with Crippen LogP contribution >= 0.6 is 0 Å². The van der Waals surface area contributed by atoms with Gasteiger partial charge in [-0.05, 0) is 43.3 Å². The normalized spacial score (nSPS) is 9.92. The van der Waals surface area contributed by atoms with Crippen LogP contribution in [0.1, 0.15) is 24.2 Å². The molecule has 26 heavy (non-hydrogen) atoms. The molecule has 0 fully saturated rings. The van der Waals surface area contributed by atoms with E-state index in [1.165, 1.54) is 6.92 Å². The summed E-state index contributed by atoms with van der Waals surface area (Å²) in [4.78, 5) is 35.1. The van der Waals surface area contributed by atoms with Gasteiger partial charge in [-0.1, -0.05) is 12.1 Å². The number of esters is 1. The summed E-state index contributed by atoms with van der Waals surface area (Å²) in [5.41, 5.74) is 2.12. The molecule has 0 atom stereocenters. The van der Waals surface area contributed by atoms with Crippen molar-refractivity contribution in [2.45, 2.75) is 13.8 Å². The van der Waals surface area contributed by atoms with E-state index in [-0.39, 0.29) is 25.0 Å². The van der Waals surface area contributed by atoms with Crippen LogP contribution < -0.4 is 16.0 Å². The minimum Gasteiger partial charge on any atom is -0.462 e. The minimum atomic E-state index is -0.482. The fourth-order valence-electron chi connectivity index (χ4n) is 2.23. The molecule has 2 rings (SSSR count). The summed E-state index contributed by atoms with van der Waals surface area (Å²) in [6, 6.07) is 13.7. The molecular weight excluding hydrogens is 334 g/mol. The quantitative estimate of drug-likeness (QED) is 0.664. The molecule has 3 N–H and O–H groups in total. The van der Waals surface area contributed by atoms with Gasteiger partial charge in [0.05, 0.1) is 24.4 Å². The molecule has 7 heteroatoms. The van der Waals surface area contributed by atoms with Gasteiger partial charge in [-0.2, -0.15) is 0 Å². The Kier molecular flexibility index (Phi) is 6.73. The average molecular weight is 355 g/mol. The number of benzene rings is 2. The van der Waals surface area contributed by atoms with Crippen molar-refractivity contribution in [2.75, 3.05) is 29.1 Å². The number of anilines is 3. The maximum absolute atomic E-state index is 12.1. The van der Waals surface area contributed by atoms with E-state index in [9.17, 15) is 14.4 Å². The summed E-state index contributed by atoms with van der Waals surface area (Å²) in [7, 11) is 0. The van der Waals surface area contributed by atoms with Crippen molar-refractivity contribution in [3.8, 4) is 0 Å². The fraction of sp³-hybridized carbons (Fsp3) is 0.211. The molecule has 2 aromatic rings. The van der Waals surface area contributed by atoms with Gasteiger partial charge in [-0.3, -0.25) is 9.59 Å². The van der Waals surface area contributed by atoms with Crippen LogP contribution in [0.25, 0.3) is 0 Å². The second kappa shape index (κ2) is 9.22. The van der Waals surface area contributed by atoms with Crippen molar-refractivity contribution in [3.63, 3.8) is 0 Å². The molecule has 0 saturated carbocycles. The monoisotopic (exact) mass is 355 g/mol. The number of ether oxygens (including phenoxy) is 1. The lowest BCUT2D eigenvalue weighted by Gasteiger charge is -2.11. The molecule has 2 aromatic carbocycles. The van der Waals surface area contributed by atoms with E-state index in [2.05, 4.69) is 16.0 Å². The summed E-state index contributed by atoms with van der Waals surface area (Å²) < 4.78 is 4.98. The summed E-state index contributed by atoms with van der Waals surface area (Å²) in [5, 5.41) is 8.34. The highest BCUT2D eigenvalue weighted by Crippen LogP contribution is 2.17. The maximum atomic E-state index is 12.1. The van der Waals surface area contributed by atoms with Crippen molar-refractivity contribution in [3.05, 3.63) is 54.1 Å². The molecule has 0 radical (unpaired) electrons. The van der Waals surface area contributed by atoms with Crippen LogP contribution in [0.5, 0.6) is 0 Å². The van der Waals surface area contributed by atoms with Crippen molar-refractivity contribution in [1.82, 2.24) is 0 Å². The van der Waals surface area contributed by atoms with E-state index < -0.39 is 5.97 Å². The Morgan fingerprint density at radius 1 is 0.923 bits per heavy atom. The number of nitrogens with one attached hydrogen (secondary N) is 3. The van der Waals surface area contributed by atoms with Gasteiger partial charge < -0.3 is 20.7 Å². The van der Waals surface area contributed by atoms with Crippen LogP contribution in [0.2, 0.25) is 0 Å². The van der Waals surface area contributed by atoms with E-state index in [0.29, 0.717) is 16.9 Å². The van der Waals surface area contributed by atoms with E-state index in [1.807, 2.05) is 0 Å². The third kappa shape index (κ3) is 5.62.